The van der Waals surface area contributed by atoms with Crippen molar-refractivity contribution in [3.63, 3.8) is 0 Å². The number of aromatic nitrogens is 2. The number of nitrogens with zero attached hydrogens (tertiary/aromatic N) is 2. The summed E-state index contributed by atoms with van der Waals surface area (Å²) in [6, 6.07) is 8.00. The molecular formula is C14H17FN4. The van der Waals surface area contributed by atoms with Gasteiger partial charge in [0.15, 0.2) is 0 Å². The smallest absolute Gasteiger partial charge is 0.146 e. The first-order chi connectivity index (χ1) is 8.86. The van der Waals surface area contributed by atoms with Crippen LogP contribution in [-0.4, -0.2) is 9.97 Å². The van der Waals surface area contributed by atoms with Crippen LogP contribution in [0.15, 0.2) is 30.3 Å². The lowest BCUT2D eigenvalue weighted by Crippen LogP contribution is -2.17. The molecule has 2 aromatic rings. The Morgan fingerprint density at radius 2 is 1.84 bits per heavy atom. The average molecular weight is 260 g/mol. The first-order valence-corrected chi connectivity index (χ1v) is 6.03. The van der Waals surface area contributed by atoms with Crippen molar-refractivity contribution in [2.24, 2.45) is 0 Å². The lowest BCUT2D eigenvalue weighted by molar-refractivity contribution is 0.547. The van der Waals surface area contributed by atoms with Crippen LogP contribution in [0.1, 0.15) is 26.6 Å². The summed E-state index contributed by atoms with van der Waals surface area (Å²) in [6.45, 7) is 5.98. The lowest BCUT2D eigenvalue weighted by Gasteiger charge is -2.18. The highest BCUT2D eigenvalue weighted by atomic mass is 19.1. The Kier molecular flexibility index (Phi) is 3.38. The second kappa shape index (κ2) is 4.84. The third kappa shape index (κ3) is 3.19. The number of hydrogen-bond donors (Lipinski definition) is 2. The first kappa shape index (κ1) is 13.3. The van der Waals surface area contributed by atoms with Crippen LogP contribution in [0.5, 0.6) is 0 Å². The number of nitrogen functional groups attached to an aromatic ring is 1. The zero-order chi connectivity index (χ0) is 14.0. The van der Waals surface area contributed by atoms with Crippen LogP contribution in [0.3, 0.4) is 0 Å². The Bertz CT molecular complexity index is 590. The summed E-state index contributed by atoms with van der Waals surface area (Å²) in [6.07, 6.45) is 0. The average Bonchev–Trinajstić information content (AvgIpc) is 2.30. The summed E-state index contributed by atoms with van der Waals surface area (Å²) in [5.41, 5.74) is 5.90. The normalized spacial score (nSPS) is 11.4. The second-order valence-corrected chi connectivity index (χ2v) is 5.36. The van der Waals surface area contributed by atoms with E-state index in [-0.39, 0.29) is 11.2 Å². The van der Waals surface area contributed by atoms with Gasteiger partial charge in [-0.2, -0.15) is 0 Å². The van der Waals surface area contributed by atoms with E-state index in [4.69, 9.17) is 5.73 Å². The van der Waals surface area contributed by atoms with Crippen molar-refractivity contribution in [3.05, 3.63) is 42.0 Å². The molecule has 0 saturated heterocycles. The van der Waals surface area contributed by atoms with Crippen molar-refractivity contribution in [1.29, 1.82) is 0 Å². The molecule has 2 rings (SSSR count). The second-order valence-electron chi connectivity index (χ2n) is 5.36. The number of hydrogen-bond acceptors (Lipinski definition) is 4. The van der Waals surface area contributed by atoms with E-state index in [2.05, 4.69) is 15.3 Å². The largest absolute Gasteiger partial charge is 0.384 e. The van der Waals surface area contributed by atoms with Gasteiger partial charge in [-0.3, -0.25) is 0 Å². The molecule has 0 spiro atoms. The molecule has 0 aliphatic heterocycles. The Balaban J connectivity index is 2.36. The fourth-order valence-electron chi connectivity index (χ4n) is 1.57. The number of para-hydroxylation sites is 1. The molecule has 4 nitrogen and oxygen atoms in total. The molecule has 5 heteroatoms. The molecule has 0 saturated carbocycles. The van der Waals surface area contributed by atoms with E-state index in [1.807, 2.05) is 20.8 Å². The highest BCUT2D eigenvalue weighted by molar-refractivity contribution is 5.59. The van der Waals surface area contributed by atoms with Crippen molar-refractivity contribution in [1.82, 2.24) is 9.97 Å². The number of benzene rings is 1. The van der Waals surface area contributed by atoms with Gasteiger partial charge in [-0.15, -0.1) is 0 Å². The van der Waals surface area contributed by atoms with Gasteiger partial charge < -0.3 is 11.1 Å². The Hall–Kier alpha value is -2.17. The van der Waals surface area contributed by atoms with Crippen molar-refractivity contribution < 1.29 is 4.39 Å². The van der Waals surface area contributed by atoms with Crippen LogP contribution in [0.25, 0.3) is 0 Å². The molecule has 3 N–H and O–H groups in total. The van der Waals surface area contributed by atoms with E-state index in [1.54, 1.807) is 24.3 Å². The predicted molar refractivity (Wildman–Crippen MR) is 74.8 cm³/mol. The van der Waals surface area contributed by atoms with Crippen LogP contribution in [0, 0.1) is 5.82 Å². The molecule has 0 aliphatic rings. The Labute approximate surface area is 111 Å². The maximum absolute atomic E-state index is 13.6. The molecule has 1 aromatic carbocycles. The quantitative estimate of drug-likeness (QED) is 0.870. The van der Waals surface area contributed by atoms with E-state index in [0.29, 0.717) is 23.1 Å². The van der Waals surface area contributed by atoms with Crippen LogP contribution in [0.4, 0.5) is 21.7 Å². The number of rotatable bonds is 2. The SMILES string of the molecule is CC(C)(C)c1nc(N)cc(Nc2ccccc2F)n1. The summed E-state index contributed by atoms with van der Waals surface area (Å²) in [5, 5.41) is 2.92. The minimum absolute atomic E-state index is 0.221. The van der Waals surface area contributed by atoms with Gasteiger partial charge in [-0.1, -0.05) is 32.9 Å². The topological polar surface area (TPSA) is 63.8 Å². The molecule has 0 bridgehead atoms. The molecule has 1 heterocycles. The molecule has 0 atom stereocenters. The molecular weight excluding hydrogens is 243 g/mol. The Morgan fingerprint density at radius 3 is 2.47 bits per heavy atom. The fraction of sp³-hybridized carbons (Fsp3) is 0.286. The third-order valence-corrected chi connectivity index (χ3v) is 2.55. The van der Waals surface area contributed by atoms with E-state index in [9.17, 15) is 4.39 Å². The van der Waals surface area contributed by atoms with Gasteiger partial charge in [0, 0.05) is 11.5 Å². The summed E-state index contributed by atoms with van der Waals surface area (Å²) in [4.78, 5) is 8.57. The highest BCUT2D eigenvalue weighted by Gasteiger charge is 2.18. The third-order valence-electron chi connectivity index (χ3n) is 2.55. The van der Waals surface area contributed by atoms with Crippen LogP contribution < -0.4 is 11.1 Å². The maximum Gasteiger partial charge on any atom is 0.146 e. The molecule has 0 radical (unpaired) electrons. The minimum Gasteiger partial charge on any atom is -0.384 e. The molecule has 0 amide bonds. The predicted octanol–water partition coefficient (Wildman–Crippen LogP) is 3.24. The molecule has 0 unspecified atom stereocenters. The molecule has 0 fully saturated rings. The summed E-state index contributed by atoms with van der Waals surface area (Å²) in [5.74, 6) is 1.13. The maximum atomic E-state index is 13.6. The van der Waals surface area contributed by atoms with E-state index >= 15 is 0 Å². The number of nitrogens with two attached hydrogens (primary N) is 1. The van der Waals surface area contributed by atoms with Crippen molar-refractivity contribution in [2.45, 2.75) is 26.2 Å². The first-order valence-electron chi connectivity index (χ1n) is 6.03. The molecule has 0 aliphatic carbocycles. The van der Waals surface area contributed by atoms with Crippen LogP contribution >= 0.6 is 0 Å². The van der Waals surface area contributed by atoms with Gasteiger partial charge in [0.2, 0.25) is 0 Å². The zero-order valence-electron chi connectivity index (χ0n) is 11.2. The van der Waals surface area contributed by atoms with Gasteiger partial charge in [0.25, 0.3) is 0 Å². The van der Waals surface area contributed by atoms with Crippen molar-refractivity contribution in [3.8, 4) is 0 Å². The Morgan fingerprint density at radius 1 is 1.16 bits per heavy atom. The zero-order valence-corrected chi connectivity index (χ0v) is 11.2. The standard InChI is InChI=1S/C14H17FN4/c1-14(2,3)13-18-11(16)8-12(19-13)17-10-7-5-4-6-9(10)15/h4-8H,1-3H3,(H3,16,17,18,19). The lowest BCUT2D eigenvalue weighted by atomic mass is 9.96. The molecule has 1 aromatic heterocycles. The highest BCUT2D eigenvalue weighted by Crippen LogP contribution is 2.24. The van der Waals surface area contributed by atoms with Crippen molar-refractivity contribution in [2.75, 3.05) is 11.1 Å². The van der Waals surface area contributed by atoms with Crippen LogP contribution in [-0.2, 0) is 5.41 Å². The summed E-state index contributed by atoms with van der Waals surface area (Å²) < 4.78 is 13.6. The molecule has 19 heavy (non-hydrogen) atoms. The van der Waals surface area contributed by atoms with Crippen molar-refractivity contribution >= 4 is 17.3 Å². The van der Waals surface area contributed by atoms with E-state index < -0.39 is 0 Å². The van der Waals surface area contributed by atoms with Gasteiger partial charge >= 0.3 is 0 Å². The summed E-state index contributed by atoms with van der Waals surface area (Å²) in [7, 11) is 0. The van der Waals surface area contributed by atoms with E-state index in [1.165, 1.54) is 6.07 Å². The monoisotopic (exact) mass is 260 g/mol. The number of nitrogens with one attached hydrogen (secondary N) is 1. The van der Waals surface area contributed by atoms with E-state index in [0.717, 1.165) is 0 Å². The van der Waals surface area contributed by atoms with Gasteiger partial charge in [0.1, 0.15) is 23.3 Å². The fourth-order valence-corrected chi connectivity index (χ4v) is 1.57. The number of anilines is 3. The minimum atomic E-state index is -0.336. The molecule has 100 valence electrons. The van der Waals surface area contributed by atoms with Gasteiger partial charge in [0.05, 0.1) is 5.69 Å². The number of halogens is 1. The van der Waals surface area contributed by atoms with Crippen LogP contribution in [0.2, 0.25) is 0 Å². The van der Waals surface area contributed by atoms with Gasteiger partial charge in [-0.25, -0.2) is 14.4 Å². The summed E-state index contributed by atoms with van der Waals surface area (Å²) >= 11 is 0. The van der Waals surface area contributed by atoms with Gasteiger partial charge in [-0.05, 0) is 12.1 Å².